The van der Waals surface area contributed by atoms with Crippen molar-refractivity contribution in [3.8, 4) is 5.75 Å². The number of nitrogens with two attached hydrogens (primary N) is 2. The molecular weight excluding hydrogens is 306 g/mol. The highest BCUT2D eigenvalue weighted by Crippen LogP contribution is 2.15. The van der Waals surface area contributed by atoms with Crippen LogP contribution in [0, 0.1) is 0 Å². The molecule has 6 nitrogen and oxygen atoms in total. The van der Waals surface area contributed by atoms with Gasteiger partial charge in [0, 0.05) is 13.0 Å². The third-order valence-electron chi connectivity index (χ3n) is 3.17. The van der Waals surface area contributed by atoms with Crippen molar-refractivity contribution in [1.82, 2.24) is 0 Å². The molecule has 0 unspecified atom stereocenters. The first-order valence-electron chi connectivity index (χ1n) is 7.64. The molecule has 6 heteroatoms. The van der Waals surface area contributed by atoms with Gasteiger partial charge in [0.25, 0.3) is 0 Å². The summed E-state index contributed by atoms with van der Waals surface area (Å²) in [7, 11) is 0. The summed E-state index contributed by atoms with van der Waals surface area (Å²) in [5, 5.41) is 0. The smallest absolute Gasteiger partial charge is 0.338 e. The van der Waals surface area contributed by atoms with Crippen molar-refractivity contribution in [2.45, 2.75) is 13.0 Å². The Labute approximate surface area is 141 Å². The van der Waals surface area contributed by atoms with Gasteiger partial charge in [0.05, 0.1) is 12.2 Å². The Bertz CT molecular complexity index is 666. The lowest BCUT2D eigenvalue weighted by atomic mass is 10.2. The highest BCUT2D eigenvalue weighted by atomic mass is 16.5. The minimum absolute atomic E-state index is 0.0346. The second-order valence-electron chi connectivity index (χ2n) is 5.09. The van der Waals surface area contributed by atoms with E-state index >= 15 is 0 Å². The molecule has 126 valence electrons. The lowest BCUT2D eigenvalue weighted by molar-refractivity contribution is 0.0503. The molecule has 0 saturated heterocycles. The van der Waals surface area contributed by atoms with Crippen molar-refractivity contribution < 1.29 is 14.3 Å². The number of esters is 1. The lowest BCUT2D eigenvalue weighted by Gasteiger charge is -2.07. The van der Waals surface area contributed by atoms with Crippen molar-refractivity contribution >= 4 is 11.9 Å². The summed E-state index contributed by atoms with van der Waals surface area (Å²) in [6.07, 6.45) is 0.571. The monoisotopic (exact) mass is 327 g/mol. The zero-order valence-electron chi connectivity index (χ0n) is 13.4. The molecule has 0 spiro atoms. The molecule has 0 fully saturated rings. The topological polar surface area (TPSA) is 99.9 Å². The number of benzene rings is 2. The van der Waals surface area contributed by atoms with Crippen LogP contribution in [0.5, 0.6) is 5.75 Å². The number of guanidine groups is 1. The molecule has 0 saturated carbocycles. The molecule has 0 aromatic heterocycles. The summed E-state index contributed by atoms with van der Waals surface area (Å²) >= 11 is 0. The van der Waals surface area contributed by atoms with Gasteiger partial charge in [0.15, 0.2) is 5.96 Å². The molecule has 0 heterocycles. The number of ether oxygens (including phenoxy) is 2. The van der Waals surface area contributed by atoms with Gasteiger partial charge in [-0.1, -0.05) is 30.3 Å². The Kier molecular flexibility index (Phi) is 6.64. The van der Waals surface area contributed by atoms with Crippen LogP contribution in [0.2, 0.25) is 0 Å². The second-order valence-corrected chi connectivity index (χ2v) is 5.09. The van der Waals surface area contributed by atoms with E-state index in [1.807, 2.05) is 30.3 Å². The number of carbonyl (C=O) groups is 1. The summed E-state index contributed by atoms with van der Waals surface area (Å²) in [6.45, 7) is 1.18. The Hall–Kier alpha value is -3.02. The lowest BCUT2D eigenvalue weighted by Crippen LogP contribution is -2.23. The third-order valence-corrected chi connectivity index (χ3v) is 3.17. The molecule has 0 aliphatic rings. The van der Waals surface area contributed by atoms with E-state index in [1.54, 1.807) is 24.3 Å². The van der Waals surface area contributed by atoms with E-state index in [-0.39, 0.29) is 18.5 Å². The van der Waals surface area contributed by atoms with Gasteiger partial charge < -0.3 is 20.9 Å². The van der Waals surface area contributed by atoms with E-state index in [4.69, 9.17) is 20.9 Å². The van der Waals surface area contributed by atoms with E-state index in [9.17, 15) is 4.79 Å². The van der Waals surface area contributed by atoms with Crippen LogP contribution < -0.4 is 16.2 Å². The molecule has 2 aromatic rings. The number of hydrogen-bond donors (Lipinski definition) is 2. The van der Waals surface area contributed by atoms with Crippen LogP contribution in [0.3, 0.4) is 0 Å². The van der Waals surface area contributed by atoms with Crippen LogP contribution in [0.1, 0.15) is 22.3 Å². The zero-order valence-corrected chi connectivity index (χ0v) is 13.4. The van der Waals surface area contributed by atoms with Crippen LogP contribution in [0.4, 0.5) is 0 Å². The maximum atomic E-state index is 11.9. The van der Waals surface area contributed by atoms with E-state index in [0.29, 0.717) is 30.9 Å². The molecule has 0 radical (unpaired) electrons. The number of nitrogens with zero attached hydrogens (tertiary/aromatic N) is 1. The summed E-state index contributed by atoms with van der Waals surface area (Å²) in [5.41, 5.74) is 12.0. The van der Waals surface area contributed by atoms with E-state index in [0.717, 1.165) is 5.56 Å². The van der Waals surface area contributed by atoms with Crippen molar-refractivity contribution in [3.63, 3.8) is 0 Å². The Morgan fingerprint density at radius 3 is 2.38 bits per heavy atom. The minimum atomic E-state index is -0.380. The van der Waals surface area contributed by atoms with Gasteiger partial charge in [-0.2, -0.15) is 0 Å². The van der Waals surface area contributed by atoms with E-state index < -0.39 is 0 Å². The fourth-order valence-corrected chi connectivity index (χ4v) is 1.95. The predicted molar refractivity (Wildman–Crippen MR) is 92.8 cm³/mol. The second kappa shape index (κ2) is 9.19. The zero-order chi connectivity index (χ0) is 17.2. The third kappa shape index (κ3) is 6.00. The van der Waals surface area contributed by atoms with Gasteiger partial charge in [-0.3, -0.25) is 4.99 Å². The summed E-state index contributed by atoms with van der Waals surface area (Å²) in [6, 6.07) is 16.7. The fraction of sp³-hybridized carbons (Fsp3) is 0.222. The molecule has 2 rings (SSSR count). The van der Waals surface area contributed by atoms with Gasteiger partial charge in [0.1, 0.15) is 12.4 Å². The van der Waals surface area contributed by atoms with Crippen LogP contribution in [-0.2, 0) is 11.3 Å². The largest absolute Gasteiger partial charge is 0.489 e. The van der Waals surface area contributed by atoms with E-state index in [2.05, 4.69) is 4.99 Å². The van der Waals surface area contributed by atoms with Crippen LogP contribution >= 0.6 is 0 Å². The quantitative estimate of drug-likeness (QED) is 0.335. The van der Waals surface area contributed by atoms with Crippen molar-refractivity contribution in [1.29, 1.82) is 0 Å². The number of carbonyl (C=O) groups excluding carboxylic acids is 1. The predicted octanol–water partition coefficient (Wildman–Crippen LogP) is 2.09. The maximum absolute atomic E-state index is 11.9. The Morgan fingerprint density at radius 2 is 1.71 bits per heavy atom. The van der Waals surface area contributed by atoms with Crippen LogP contribution in [-0.4, -0.2) is 25.1 Å². The van der Waals surface area contributed by atoms with E-state index in [1.165, 1.54) is 0 Å². The molecule has 0 aliphatic heterocycles. The standard InChI is InChI=1S/C18H21N3O3/c19-18(20)21-11-4-12-23-17(22)15-7-9-16(10-8-15)24-13-14-5-2-1-3-6-14/h1-3,5-10H,4,11-13H2,(H4,19,20,21). The molecule has 0 aliphatic carbocycles. The maximum Gasteiger partial charge on any atom is 0.338 e. The Morgan fingerprint density at radius 1 is 1.00 bits per heavy atom. The van der Waals surface area contributed by atoms with Gasteiger partial charge in [-0.25, -0.2) is 4.79 Å². The minimum Gasteiger partial charge on any atom is -0.489 e. The molecular formula is C18H21N3O3. The van der Waals surface area contributed by atoms with Crippen molar-refractivity contribution in [2.24, 2.45) is 16.5 Å². The highest BCUT2D eigenvalue weighted by molar-refractivity contribution is 5.89. The Balaban J connectivity index is 1.76. The van der Waals surface area contributed by atoms with Crippen molar-refractivity contribution in [3.05, 3.63) is 65.7 Å². The fourth-order valence-electron chi connectivity index (χ4n) is 1.95. The average molecular weight is 327 g/mol. The van der Waals surface area contributed by atoms with Gasteiger partial charge in [-0.05, 0) is 29.8 Å². The normalized spacial score (nSPS) is 10.0. The molecule has 2 aromatic carbocycles. The van der Waals surface area contributed by atoms with Gasteiger partial charge >= 0.3 is 5.97 Å². The molecule has 0 atom stereocenters. The first-order valence-corrected chi connectivity index (χ1v) is 7.64. The molecule has 0 bridgehead atoms. The first kappa shape index (κ1) is 17.3. The molecule has 24 heavy (non-hydrogen) atoms. The van der Waals surface area contributed by atoms with Crippen LogP contribution in [0.15, 0.2) is 59.6 Å². The van der Waals surface area contributed by atoms with Crippen LogP contribution in [0.25, 0.3) is 0 Å². The first-order chi connectivity index (χ1) is 11.6. The SMILES string of the molecule is NC(N)=NCCCOC(=O)c1ccc(OCc2ccccc2)cc1. The molecule has 4 N–H and O–H groups in total. The van der Waals surface area contributed by atoms with Gasteiger partial charge in [-0.15, -0.1) is 0 Å². The van der Waals surface area contributed by atoms with Gasteiger partial charge in [0.2, 0.25) is 0 Å². The number of aliphatic imine (C=N–C) groups is 1. The number of rotatable bonds is 8. The summed E-state index contributed by atoms with van der Waals surface area (Å²) < 4.78 is 10.8. The average Bonchev–Trinajstić information content (AvgIpc) is 2.60. The molecule has 0 amide bonds. The highest BCUT2D eigenvalue weighted by Gasteiger charge is 2.07. The summed E-state index contributed by atoms with van der Waals surface area (Å²) in [4.78, 5) is 15.7. The number of hydrogen-bond acceptors (Lipinski definition) is 4. The summed E-state index contributed by atoms with van der Waals surface area (Å²) in [5.74, 6) is 0.352. The van der Waals surface area contributed by atoms with Crippen molar-refractivity contribution in [2.75, 3.05) is 13.2 Å².